The summed E-state index contributed by atoms with van der Waals surface area (Å²) in [5.74, 6) is 2.23. The monoisotopic (exact) mass is 317 g/mol. The van der Waals surface area contributed by atoms with Crippen LogP contribution in [0.5, 0.6) is 5.75 Å². The molecule has 0 radical (unpaired) electrons. The van der Waals surface area contributed by atoms with E-state index in [1.54, 1.807) is 12.1 Å². The highest BCUT2D eigenvalue weighted by molar-refractivity contribution is 6.36. The van der Waals surface area contributed by atoms with Crippen LogP contribution in [0.15, 0.2) is 42.5 Å². The highest BCUT2D eigenvalue weighted by Gasteiger charge is 2.23. The summed E-state index contributed by atoms with van der Waals surface area (Å²) in [6, 6.07) is 13.1. The lowest BCUT2D eigenvalue weighted by Crippen LogP contribution is -2.13. The molecule has 1 aromatic heterocycles. The molecule has 0 saturated heterocycles. The second-order valence-corrected chi connectivity index (χ2v) is 5.50. The zero-order valence-electron chi connectivity index (χ0n) is 10.8. The lowest BCUT2D eigenvalue weighted by Gasteiger charge is -2.20. The lowest BCUT2D eigenvalue weighted by molar-refractivity contribution is 0.279. The van der Waals surface area contributed by atoms with E-state index in [4.69, 9.17) is 27.9 Å². The van der Waals surface area contributed by atoms with Crippen LogP contribution < -0.4 is 4.74 Å². The van der Waals surface area contributed by atoms with Crippen LogP contribution in [-0.2, 0) is 6.61 Å². The van der Waals surface area contributed by atoms with E-state index in [-0.39, 0.29) is 0 Å². The molecule has 0 amide bonds. The van der Waals surface area contributed by atoms with Crippen LogP contribution >= 0.6 is 23.2 Å². The van der Waals surface area contributed by atoms with Gasteiger partial charge in [-0.1, -0.05) is 35.3 Å². The van der Waals surface area contributed by atoms with Crippen molar-refractivity contribution in [2.75, 3.05) is 0 Å². The Morgan fingerprint density at radius 3 is 2.76 bits per heavy atom. The topological polar surface area (TPSA) is 39.9 Å². The van der Waals surface area contributed by atoms with Crippen molar-refractivity contribution in [2.24, 2.45) is 0 Å². The normalized spacial score (nSPS) is 12.5. The predicted molar refractivity (Wildman–Crippen MR) is 81.1 cm³/mol. The molecule has 2 heterocycles. The van der Waals surface area contributed by atoms with Crippen LogP contribution in [0.4, 0.5) is 0 Å². The third kappa shape index (κ3) is 1.99. The van der Waals surface area contributed by atoms with Gasteiger partial charge in [-0.05, 0) is 30.3 Å². The maximum atomic E-state index is 6.29. The second-order valence-electron chi connectivity index (χ2n) is 4.66. The van der Waals surface area contributed by atoms with E-state index in [0.29, 0.717) is 22.5 Å². The zero-order valence-corrected chi connectivity index (χ0v) is 12.3. The number of hydrogen-bond acceptors (Lipinski definition) is 3. The summed E-state index contributed by atoms with van der Waals surface area (Å²) in [4.78, 5) is 0. The molecule has 0 bridgehead atoms. The summed E-state index contributed by atoms with van der Waals surface area (Å²) in [6.45, 7) is 0.384. The molecule has 0 saturated carbocycles. The molecule has 21 heavy (non-hydrogen) atoms. The van der Waals surface area contributed by atoms with Gasteiger partial charge in [0.15, 0.2) is 11.6 Å². The number of ether oxygens (including phenoxy) is 1. The molecule has 0 spiro atoms. The van der Waals surface area contributed by atoms with E-state index < -0.39 is 0 Å². The molecule has 0 fully saturated rings. The number of aromatic nitrogens is 3. The Labute approximate surface area is 130 Å². The largest absolute Gasteiger partial charge is 0.483 e. The van der Waals surface area contributed by atoms with Crippen LogP contribution in [0.1, 0.15) is 5.82 Å². The number of rotatable bonds is 1. The molecule has 3 aromatic rings. The van der Waals surface area contributed by atoms with Gasteiger partial charge in [-0.2, -0.15) is 0 Å². The van der Waals surface area contributed by atoms with E-state index in [1.165, 1.54) is 0 Å². The van der Waals surface area contributed by atoms with Gasteiger partial charge in [-0.3, -0.25) is 4.57 Å². The first-order chi connectivity index (χ1) is 10.2. The van der Waals surface area contributed by atoms with Crippen molar-refractivity contribution in [2.45, 2.75) is 6.61 Å². The molecule has 4 rings (SSSR count). The molecule has 104 valence electrons. The SMILES string of the molecule is Clc1ccc(-c2nnc3n2-c2ccccc2OC3)c(Cl)c1. The van der Waals surface area contributed by atoms with Gasteiger partial charge >= 0.3 is 0 Å². The van der Waals surface area contributed by atoms with E-state index in [1.807, 2.05) is 34.9 Å². The van der Waals surface area contributed by atoms with E-state index in [0.717, 1.165) is 22.8 Å². The summed E-state index contributed by atoms with van der Waals surface area (Å²) in [5, 5.41) is 9.59. The van der Waals surface area contributed by atoms with Gasteiger partial charge in [-0.25, -0.2) is 0 Å². The van der Waals surface area contributed by atoms with Crippen LogP contribution in [0.2, 0.25) is 10.0 Å². The fraction of sp³-hybridized carbons (Fsp3) is 0.0667. The molecule has 0 unspecified atom stereocenters. The van der Waals surface area contributed by atoms with Gasteiger partial charge in [0.2, 0.25) is 0 Å². The molecule has 4 nitrogen and oxygen atoms in total. The molecule has 6 heteroatoms. The molecule has 0 aliphatic carbocycles. The van der Waals surface area contributed by atoms with Crippen molar-refractivity contribution in [1.82, 2.24) is 14.8 Å². The summed E-state index contributed by atoms with van der Waals surface area (Å²) in [7, 11) is 0. The minimum absolute atomic E-state index is 0.384. The van der Waals surface area contributed by atoms with Crippen LogP contribution in [0.25, 0.3) is 17.1 Å². The highest BCUT2D eigenvalue weighted by Crippen LogP contribution is 2.35. The Kier molecular flexibility index (Phi) is 2.87. The third-order valence-electron chi connectivity index (χ3n) is 3.37. The van der Waals surface area contributed by atoms with E-state index >= 15 is 0 Å². The third-order valence-corrected chi connectivity index (χ3v) is 3.91. The van der Waals surface area contributed by atoms with Gasteiger partial charge in [0.05, 0.1) is 10.7 Å². The van der Waals surface area contributed by atoms with Crippen LogP contribution in [-0.4, -0.2) is 14.8 Å². The van der Waals surface area contributed by atoms with Gasteiger partial charge < -0.3 is 4.74 Å². The number of para-hydroxylation sites is 2. The number of benzene rings is 2. The minimum atomic E-state index is 0.384. The Morgan fingerprint density at radius 2 is 1.90 bits per heavy atom. The Balaban J connectivity index is 1.96. The molecule has 1 aliphatic rings. The van der Waals surface area contributed by atoms with Crippen molar-refractivity contribution in [3.63, 3.8) is 0 Å². The van der Waals surface area contributed by atoms with Gasteiger partial charge in [0.25, 0.3) is 0 Å². The second kappa shape index (κ2) is 4.76. The van der Waals surface area contributed by atoms with Crippen molar-refractivity contribution in [3.05, 3.63) is 58.3 Å². The predicted octanol–water partition coefficient (Wildman–Crippen LogP) is 4.13. The van der Waals surface area contributed by atoms with Crippen LogP contribution in [0.3, 0.4) is 0 Å². The number of nitrogens with zero attached hydrogens (tertiary/aromatic N) is 3. The first kappa shape index (κ1) is 12.7. The summed E-state index contributed by atoms with van der Waals surface area (Å²) in [5.41, 5.74) is 1.70. The van der Waals surface area contributed by atoms with Gasteiger partial charge in [-0.15, -0.1) is 10.2 Å². The highest BCUT2D eigenvalue weighted by atomic mass is 35.5. The number of halogens is 2. The smallest absolute Gasteiger partial charge is 0.176 e. The Hall–Kier alpha value is -2.04. The fourth-order valence-corrected chi connectivity index (χ4v) is 2.91. The van der Waals surface area contributed by atoms with E-state index in [2.05, 4.69) is 10.2 Å². The molecular formula is C15H9Cl2N3O. The fourth-order valence-electron chi connectivity index (χ4n) is 2.41. The molecule has 0 N–H and O–H groups in total. The first-order valence-electron chi connectivity index (χ1n) is 6.36. The Morgan fingerprint density at radius 1 is 1.05 bits per heavy atom. The lowest BCUT2D eigenvalue weighted by atomic mass is 10.2. The average Bonchev–Trinajstić information content (AvgIpc) is 2.91. The maximum Gasteiger partial charge on any atom is 0.176 e. The molecule has 1 aliphatic heterocycles. The number of hydrogen-bond donors (Lipinski definition) is 0. The quantitative estimate of drug-likeness (QED) is 0.677. The average molecular weight is 318 g/mol. The molecule has 2 aromatic carbocycles. The standard InChI is InChI=1S/C15H9Cl2N3O/c16-9-5-6-10(11(17)7-9)15-19-18-14-8-21-13-4-2-1-3-12(13)20(14)15/h1-7H,8H2. The van der Waals surface area contributed by atoms with Crippen molar-refractivity contribution >= 4 is 23.2 Å². The van der Waals surface area contributed by atoms with Crippen molar-refractivity contribution < 1.29 is 4.74 Å². The zero-order chi connectivity index (χ0) is 14.4. The summed E-state index contributed by atoms with van der Waals surface area (Å²) < 4.78 is 7.64. The van der Waals surface area contributed by atoms with Crippen LogP contribution in [0, 0.1) is 0 Å². The number of fused-ring (bicyclic) bond motifs is 3. The summed E-state index contributed by atoms with van der Waals surface area (Å²) in [6.07, 6.45) is 0. The van der Waals surface area contributed by atoms with E-state index in [9.17, 15) is 0 Å². The van der Waals surface area contributed by atoms with Gasteiger partial charge in [0.1, 0.15) is 12.4 Å². The summed E-state index contributed by atoms with van der Waals surface area (Å²) >= 11 is 12.2. The molecule has 0 atom stereocenters. The first-order valence-corrected chi connectivity index (χ1v) is 7.11. The van der Waals surface area contributed by atoms with Crippen molar-refractivity contribution in [1.29, 1.82) is 0 Å². The minimum Gasteiger partial charge on any atom is -0.483 e. The van der Waals surface area contributed by atoms with Gasteiger partial charge in [0, 0.05) is 10.6 Å². The molecular weight excluding hydrogens is 309 g/mol. The maximum absolute atomic E-state index is 6.29. The van der Waals surface area contributed by atoms with Crippen molar-refractivity contribution in [3.8, 4) is 22.8 Å². The Bertz CT molecular complexity index is 845.